The normalized spacial score (nSPS) is 16.5. The van der Waals surface area contributed by atoms with Gasteiger partial charge in [-0.1, -0.05) is 56.0 Å². The van der Waals surface area contributed by atoms with E-state index in [1.807, 2.05) is 43.6 Å². The summed E-state index contributed by atoms with van der Waals surface area (Å²) in [6.07, 6.45) is 5.98. The average molecular weight is 745 g/mol. The van der Waals surface area contributed by atoms with Crippen molar-refractivity contribution in [2.24, 2.45) is 5.73 Å². The molecule has 8 rings (SSSR count). The molecule has 1 atom stereocenters. The zero-order valence-electron chi connectivity index (χ0n) is 31.4. The molecule has 5 amide bonds. The molecule has 5 aromatic rings. The highest BCUT2D eigenvalue weighted by molar-refractivity contribution is 6.06. The molecule has 56 heavy (non-hydrogen) atoms. The summed E-state index contributed by atoms with van der Waals surface area (Å²) in [7, 11) is 1.85. The van der Waals surface area contributed by atoms with Crippen molar-refractivity contribution >= 4 is 46.0 Å². The summed E-state index contributed by atoms with van der Waals surface area (Å²) < 4.78 is 0. The van der Waals surface area contributed by atoms with Crippen LogP contribution in [0.3, 0.4) is 0 Å². The minimum absolute atomic E-state index is 0.119. The summed E-state index contributed by atoms with van der Waals surface area (Å²) in [4.78, 5) is 75.1. The molecule has 0 spiro atoms. The first-order valence-corrected chi connectivity index (χ1v) is 18.9. The van der Waals surface area contributed by atoms with E-state index in [0.717, 1.165) is 45.1 Å². The number of amides is 5. The molecule has 3 aliphatic rings. The maximum atomic E-state index is 13.2. The highest BCUT2D eigenvalue weighted by Gasteiger charge is 2.39. The van der Waals surface area contributed by atoms with Gasteiger partial charge < -0.3 is 15.5 Å². The number of primary amides is 1. The molecule has 5 heterocycles. The SMILES string of the molecule is CC(C)c1cc(-c2cccc3cc(-c4cnc(C(N)=O)c(CCC#Cc5cccc6c5CN(C5CCC(=O)NC5=O)C6=O)c4)ncc23)cc2c1CCC(=O)N2C. The lowest BCUT2D eigenvalue weighted by atomic mass is 9.86. The van der Waals surface area contributed by atoms with E-state index in [2.05, 4.69) is 54.2 Å². The molecule has 3 aromatic carbocycles. The number of fused-ring (bicyclic) bond motifs is 3. The summed E-state index contributed by atoms with van der Waals surface area (Å²) in [6.45, 7) is 4.60. The summed E-state index contributed by atoms with van der Waals surface area (Å²) in [5.41, 5.74) is 15.4. The first-order chi connectivity index (χ1) is 27.0. The van der Waals surface area contributed by atoms with Gasteiger partial charge in [0.25, 0.3) is 11.8 Å². The maximum Gasteiger partial charge on any atom is 0.267 e. The number of anilines is 1. The van der Waals surface area contributed by atoms with Crippen LogP contribution in [0.25, 0.3) is 33.2 Å². The maximum absolute atomic E-state index is 13.2. The van der Waals surface area contributed by atoms with Crippen LogP contribution in [0.15, 0.2) is 73.1 Å². The largest absolute Gasteiger partial charge is 0.364 e. The van der Waals surface area contributed by atoms with E-state index in [1.54, 1.807) is 23.2 Å². The van der Waals surface area contributed by atoms with E-state index in [-0.39, 0.29) is 42.8 Å². The number of carbonyl (C=O) groups is 5. The van der Waals surface area contributed by atoms with Crippen LogP contribution in [0, 0.1) is 11.8 Å². The molecule has 11 heteroatoms. The van der Waals surface area contributed by atoms with Gasteiger partial charge in [-0.2, -0.15) is 0 Å². The Morgan fingerprint density at radius 1 is 0.929 bits per heavy atom. The molecule has 11 nitrogen and oxygen atoms in total. The molecule has 1 fully saturated rings. The second kappa shape index (κ2) is 14.5. The van der Waals surface area contributed by atoms with Crippen molar-refractivity contribution in [3.8, 4) is 34.2 Å². The zero-order valence-corrected chi connectivity index (χ0v) is 31.4. The van der Waals surface area contributed by atoms with Crippen molar-refractivity contribution in [3.63, 3.8) is 0 Å². The fraction of sp³-hybridized carbons (Fsp3) is 0.267. The van der Waals surface area contributed by atoms with Crippen LogP contribution >= 0.6 is 0 Å². The first-order valence-electron chi connectivity index (χ1n) is 18.9. The smallest absolute Gasteiger partial charge is 0.267 e. The molecule has 1 saturated heterocycles. The molecule has 2 aromatic heterocycles. The summed E-state index contributed by atoms with van der Waals surface area (Å²) in [5, 5.41) is 4.29. The first kappa shape index (κ1) is 36.3. The Labute approximate surface area is 324 Å². The average Bonchev–Trinajstić information content (AvgIpc) is 3.53. The van der Waals surface area contributed by atoms with Gasteiger partial charge in [0.2, 0.25) is 17.7 Å². The predicted molar refractivity (Wildman–Crippen MR) is 212 cm³/mol. The molecular weight excluding hydrogens is 705 g/mol. The summed E-state index contributed by atoms with van der Waals surface area (Å²) in [5.74, 6) is 5.11. The second-order valence-electron chi connectivity index (χ2n) is 14.9. The van der Waals surface area contributed by atoms with Crippen molar-refractivity contribution < 1.29 is 24.0 Å². The van der Waals surface area contributed by atoms with E-state index < -0.39 is 17.9 Å². The topological polar surface area (TPSA) is 156 Å². The molecule has 0 radical (unpaired) electrons. The van der Waals surface area contributed by atoms with Gasteiger partial charge in [0, 0.05) is 73.0 Å². The molecular formula is C45H40N6O5. The number of carbonyl (C=O) groups excluding carboxylic acids is 5. The zero-order chi connectivity index (χ0) is 39.2. The van der Waals surface area contributed by atoms with Crippen molar-refractivity contribution in [3.05, 3.63) is 112 Å². The number of pyridine rings is 2. The number of hydrogen-bond donors (Lipinski definition) is 2. The van der Waals surface area contributed by atoms with E-state index in [4.69, 9.17) is 10.7 Å². The number of rotatable bonds is 7. The molecule has 0 bridgehead atoms. The van der Waals surface area contributed by atoms with Gasteiger partial charge in [-0.15, -0.1) is 0 Å². The third-order valence-electron chi connectivity index (χ3n) is 11.1. The lowest BCUT2D eigenvalue weighted by Crippen LogP contribution is -2.52. The van der Waals surface area contributed by atoms with Crippen molar-refractivity contribution in [2.45, 2.75) is 70.9 Å². The number of imide groups is 1. The number of nitrogens with zero attached hydrogens (tertiary/aromatic N) is 4. The Morgan fingerprint density at radius 3 is 2.52 bits per heavy atom. The van der Waals surface area contributed by atoms with Crippen LogP contribution in [-0.2, 0) is 33.8 Å². The Balaban J connectivity index is 1.05. The van der Waals surface area contributed by atoms with Gasteiger partial charge in [0.15, 0.2) is 0 Å². The van der Waals surface area contributed by atoms with Gasteiger partial charge in [0.1, 0.15) is 11.7 Å². The molecule has 3 N–H and O–H groups in total. The predicted octanol–water partition coefficient (Wildman–Crippen LogP) is 5.84. The molecule has 1 unspecified atom stereocenters. The highest BCUT2D eigenvalue weighted by atomic mass is 16.2. The van der Waals surface area contributed by atoms with E-state index in [1.165, 1.54) is 16.0 Å². The summed E-state index contributed by atoms with van der Waals surface area (Å²) in [6, 6.07) is 19.0. The quantitative estimate of drug-likeness (QED) is 0.157. The fourth-order valence-corrected chi connectivity index (χ4v) is 8.16. The van der Waals surface area contributed by atoms with Crippen LogP contribution < -0.4 is 16.0 Å². The third-order valence-corrected chi connectivity index (χ3v) is 11.1. The van der Waals surface area contributed by atoms with E-state index >= 15 is 0 Å². The fourth-order valence-electron chi connectivity index (χ4n) is 8.16. The standard InChI is InChI=1S/C45H40N6O5/c1-25(2)34-19-29(21-39-32(34)14-17-41(53)50(39)3)31-12-7-11-27-20-37(47-23-35(27)31)30-18-28(42(43(46)54)48-22-30)9-5-4-8-26-10-6-13-33-36(26)24-51(45(33)56)38-15-16-40(52)49-44(38)55/h6-7,10-13,18-23,25,38H,5,9,14-17,24H2,1-3H3,(H2,46,54)(H,49,52,55). The molecule has 0 saturated carbocycles. The van der Waals surface area contributed by atoms with E-state index in [0.29, 0.717) is 47.6 Å². The minimum Gasteiger partial charge on any atom is -0.364 e. The van der Waals surface area contributed by atoms with Gasteiger partial charge in [-0.25, -0.2) is 0 Å². The lowest BCUT2D eigenvalue weighted by Gasteiger charge is -2.29. The monoisotopic (exact) mass is 744 g/mol. The van der Waals surface area contributed by atoms with E-state index in [9.17, 15) is 24.0 Å². The number of benzene rings is 3. The molecule has 0 aliphatic carbocycles. The number of nitrogens with one attached hydrogen (secondary N) is 1. The Bertz CT molecular complexity index is 2580. The Morgan fingerprint density at radius 2 is 1.73 bits per heavy atom. The molecule has 3 aliphatic heterocycles. The van der Waals surface area contributed by atoms with Crippen molar-refractivity contribution in [1.82, 2.24) is 20.2 Å². The number of nitrogens with two attached hydrogens (primary N) is 1. The Hall–Kier alpha value is -6.67. The van der Waals surface area contributed by atoms with Gasteiger partial charge in [-0.05, 0) is 94.3 Å². The van der Waals surface area contributed by atoms with Gasteiger partial charge in [-0.3, -0.25) is 39.3 Å². The number of aryl methyl sites for hydroxylation is 1. The van der Waals surface area contributed by atoms with Crippen LogP contribution in [0.4, 0.5) is 5.69 Å². The number of piperidine rings is 1. The van der Waals surface area contributed by atoms with Crippen LogP contribution in [0.1, 0.15) is 94.1 Å². The highest BCUT2D eigenvalue weighted by Crippen LogP contribution is 2.40. The second-order valence-corrected chi connectivity index (χ2v) is 14.9. The lowest BCUT2D eigenvalue weighted by molar-refractivity contribution is -0.137. The van der Waals surface area contributed by atoms with Crippen LogP contribution in [0.2, 0.25) is 0 Å². The minimum atomic E-state index is -0.707. The van der Waals surface area contributed by atoms with Crippen molar-refractivity contribution in [2.75, 3.05) is 11.9 Å². The molecule has 280 valence electrons. The number of hydrogen-bond acceptors (Lipinski definition) is 7. The van der Waals surface area contributed by atoms with Crippen LogP contribution in [-0.4, -0.2) is 57.5 Å². The van der Waals surface area contributed by atoms with Gasteiger partial charge >= 0.3 is 0 Å². The number of aromatic nitrogens is 2. The Kier molecular flexibility index (Phi) is 9.42. The summed E-state index contributed by atoms with van der Waals surface area (Å²) >= 11 is 0. The van der Waals surface area contributed by atoms with Gasteiger partial charge in [0.05, 0.1) is 5.69 Å². The van der Waals surface area contributed by atoms with Crippen molar-refractivity contribution in [1.29, 1.82) is 0 Å². The van der Waals surface area contributed by atoms with Crippen LogP contribution in [0.5, 0.6) is 0 Å². The third kappa shape index (κ3) is 6.57.